The minimum absolute atomic E-state index is 0.125. The molecule has 0 saturated heterocycles. The highest BCUT2D eigenvalue weighted by Gasteiger charge is 2.23. The first kappa shape index (κ1) is 22.8. The number of benzene rings is 2. The van der Waals surface area contributed by atoms with Crippen LogP contribution in [0.2, 0.25) is 0 Å². The van der Waals surface area contributed by atoms with Crippen LogP contribution in [0.1, 0.15) is 30.3 Å². The largest absolute Gasteiger partial charge is 0.349 e. The lowest BCUT2D eigenvalue weighted by Crippen LogP contribution is -2.31. The first-order valence-electron chi connectivity index (χ1n) is 10.3. The molecule has 7 nitrogen and oxygen atoms in total. The van der Waals surface area contributed by atoms with Crippen LogP contribution >= 0.6 is 11.8 Å². The van der Waals surface area contributed by atoms with Gasteiger partial charge in [-0.05, 0) is 48.4 Å². The van der Waals surface area contributed by atoms with Gasteiger partial charge in [-0.1, -0.05) is 0 Å². The Hall–Kier alpha value is -2.43. The van der Waals surface area contributed by atoms with E-state index < -0.39 is 10.0 Å². The van der Waals surface area contributed by atoms with Crippen LogP contribution in [0.25, 0.3) is 11.0 Å². The highest BCUT2D eigenvalue weighted by Crippen LogP contribution is 2.36. The second-order valence-corrected chi connectivity index (χ2v) is 11.3. The van der Waals surface area contributed by atoms with E-state index in [0.717, 1.165) is 32.5 Å². The molecule has 0 bridgehead atoms. The van der Waals surface area contributed by atoms with E-state index in [2.05, 4.69) is 10.3 Å². The molecule has 10 heteroatoms. The number of thioether (sulfide) groups is 1. The Balaban J connectivity index is 1.47. The maximum atomic E-state index is 13.7. The van der Waals surface area contributed by atoms with Crippen molar-refractivity contribution in [2.24, 2.45) is 7.05 Å². The third-order valence-electron chi connectivity index (χ3n) is 5.65. The number of rotatable bonds is 6. The second-order valence-electron chi connectivity index (χ2n) is 7.96. The van der Waals surface area contributed by atoms with Crippen LogP contribution < -0.4 is 5.32 Å². The normalized spacial score (nSPS) is 16.3. The summed E-state index contributed by atoms with van der Waals surface area (Å²) in [6, 6.07) is 9.35. The lowest BCUT2D eigenvalue weighted by Gasteiger charge is -2.26. The molecule has 3 aromatic rings. The fraction of sp³-hybridized carbons (Fsp3) is 0.364. The summed E-state index contributed by atoms with van der Waals surface area (Å²) >= 11 is 1.67. The van der Waals surface area contributed by atoms with Gasteiger partial charge in [-0.3, -0.25) is 4.79 Å². The number of nitrogens with zero attached hydrogens (tertiary/aromatic N) is 3. The number of amides is 1. The number of nitrogens with one attached hydrogen (secondary N) is 1. The molecular weight excluding hydrogens is 451 g/mol. The first-order valence-corrected chi connectivity index (χ1v) is 12.7. The van der Waals surface area contributed by atoms with Crippen molar-refractivity contribution in [2.45, 2.75) is 35.1 Å². The van der Waals surface area contributed by atoms with E-state index in [1.165, 1.54) is 26.2 Å². The van der Waals surface area contributed by atoms with Gasteiger partial charge in [-0.2, -0.15) is 0 Å². The molecule has 1 atom stereocenters. The van der Waals surface area contributed by atoms with E-state index in [1.807, 2.05) is 11.6 Å². The molecular formula is C22H25FN4O3S2. The van der Waals surface area contributed by atoms with Gasteiger partial charge in [0.15, 0.2) is 0 Å². The predicted octanol–water partition coefficient (Wildman–Crippen LogP) is 3.25. The molecule has 0 aliphatic carbocycles. The van der Waals surface area contributed by atoms with E-state index in [0.29, 0.717) is 17.8 Å². The van der Waals surface area contributed by atoms with Crippen LogP contribution in [-0.2, 0) is 28.3 Å². The van der Waals surface area contributed by atoms with Gasteiger partial charge >= 0.3 is 0 Å². The van der Waals surface area contributed by atoms with E-state index >= 15 is 0 Å². The number of imidazole rings is 1. The number of hydrogen-bond donors (Lipinski definition) is 1. The van der Waals surface area contributed by atoms with Gasteiger partial charge in [0.2, 0.25) is 15.9 Å². The quantitative estimate of drug-likeness (QED) is 0.591. The number of carbonyl (C=O) groups is 1. The van der Waals surface area contributed by atoms with Crippen molar-refractivity contribution in [1.82, 2.24) is 19.2 Å². The number of halogens is 1. The van der Waals surface area contributed by atoms with Crippen molar-refractivity contribution in [2.75, 3.05) is 19.8 Å². The molecule has 0 radical (unpaired) electrons. The third kappa shape index (κ3) is 4.39. The average molecular weight is 477 g/mol. The molecule has 2 heterocycles. The first-order chi connectivity index (χ1) is 15.2. The van der Waals surface area contributed by atoms with Crippen LogP contribution in [0.15, 0.2) is 46.2 Å². The Morgan fingerprint density at radius 3 is 2.81 bits per heavy atom. The Kier molecular flexibility index (Phi) is 6.28. The molecule has 1 N–H and O–H groups in total. The fourth-order valence-electron chi connectivity index (χ4n) is 3.83. The molecule has 170 valence electrons. The maximum Gasteiger partial charge on any atom is 0.242 e. The van der Waals surface area contributed by atoms with Crippen LogP contribution in [0.5, 0.6) is 0 Å². The monoisotopic (exact) mass is 476 g/mol. The van der Waals surface area contributed by atoms with Crippen molar-refractivity contribution in [3.63, 3.8) is 0 Å². The Bertz CT molecular complexity index is 1290. The van der Waals surface area contributed by atoms with Crippen molar-refractivity contribution in [3.8, 4) is 0 Å². The summed E-state index contributed by atoms with van der Waals surface area (Å²) in [6.07, 6.45) is 1.39. The third-order valence-corrected chi connectivity index (χ3v) is 8.58. The standard InChI is InChI=1S/C22H25FN4O3S2/c1-26(2)32(29,30)15-5-6-19-18(13-15)24-21(27(19)3)8-9-22(28)25-17-10-11-31-20-7-4-14(23)12-16(17)20/h4-7,12-13,17H,8-11H2,1-3H3,(H,25,28). The minimum atomic E-state index is -3.55. The summed E-state index contributed by atoms with van der Waals surface area (Å²) < 4.78 is 41.5. The summed E-state index contributed by atoms with van der Waals surface area (Å²) in [5.74, 6) is 1.13. The van der Waals surface area contributed by atoms with Gasteiger partial charge in [0.1, 0.15) is 11.6 Å². The van der Waals surface area contributed by atoms with Gasteiger partial charge < -0.3 is 9.88 Å². The number of fused-ring (bicyclic) bond motifs is 2. The molecule has 1 amide bonds. The molecule has 0 saturated carbocycles. The van der Waals surface area contributed by atoms with Gasteiger partial charge in [-0.15, -0.1) is 11.8 Å². The summed E-state index contributed by atoms with van der Waals surface area (Å²) in [7, 11) is 1.27. The number of aromatic nitrogens is 2. The van der Waals surface area contributed by atoms with Crippen LogP contribution in [0.3, 0.4) is 0 Å². The minimum Gasteiger partial charge on any atom is -0.349 e. The van der Waals surface area contributed by atoms with E-state index in [9.17, 15) is 17.6 Å². The number of sulfonamides is 1. The lowest BCUT2D eigenvalue weighted by molar-refractivity contribution is -0.121. The molecule has 32 heavy (non-hydrogen) atoms. The van der Waals surface area contributed by atoms with Gasteiger partial charge in [0, 0.05) is 44.6 Å². The van der Waals surface area contributed by atoms with E-state index in [-0.39, 0.29) is 29.1 Å². The summed E-state index contributed by atoms with van der Waals surface area (Å²) in [4.78, 5) is 18.4. The topological polar surface area (TPSA) is 84.3 Å². The predicted molar refractivity (Wildman–Crippen MR) is 123 cm³/mol. The Labute approximate surface area is 191 Å². The van der Waals surface area contributed by atoms with Crippen molar-refractivity contribution >= 4 is 38.7 Å². The van der Waals surface area contributed by atoms with Crippen LogP contribution in [-0.4, -0.2) is 48.0 Å². The zero-order valence-electron chi connectivity index (χ0n) is 18.1. The SMILES string of the molecule is CN(C)S(=O)(=O)c1ccc2c(c1)nc(CCC(=O)NC1CCSc3ccc(F)cc31)n2C. The second kappa shape index (κ2) is 8.84. The average Bonchev–Trinajstić information content (AvgIpc) is 3.07. The molecule has 1 aliphatic heterocycles. The van der Waals surface area contributed by atoms with Crippen molar-refractivity contribution in [1.29, 1.82) is 0 Å². The highest BCUT2D eigenvalue weighted by atomic mass is 32.2. The molecule has 1 aliphatic rings. The van der Waals surface area contributed by atoms with Gasteiger partial charge in [-0.25, -0.2) is 22.1 Å². The Morgan fingerprint density at radius 2 is 2.06 bits per heavy atom. The molecule has 2 aromatic carbocycles. The van der Waals surface area contributed by atoms with E-state index in [4.69, 9.17) is 0 Å². The number of aryl methyl sites for hydroxylation is 2. The van der Waals surface area contributed by atoms with Crippen LogP contribution in [0.4, 0.5) is 4.39 Å². The Morgan fingerprint density at radius 1 is 1.28 bits per heavy atom. The summed E-state index contributed by atoms with van der Waals surface area (Å²) in [6.45, 7) is 0. The lowest BCUT2D eigenvalue weighted by atomic mass is 10.0. The van der Waals surface area contributed by atoms with Gasteiger partial charge in [0.25, 0.3) is 0 Å². The number of hydrogen-bond acceptors (Lipinski definition) is 5. The zero-order chi connectivity index (χ0) is 23.0. The van der Waals surface area contributed by atoms with Crippen molar-refractivity contribution in [3.05, 3.63) is 53.6 Å². The number of carbonyl (C=O) groups excluding carboxylic acids is 1. The van der Waals surface area contributed by atoms with Crippen molar-refractivity contribution < 1.29 is 17.6 Å². The molecule has 0 spiro atoms. The summed E-state index contributed by atoms with van der Waals surface area (Å²) in [5, 5.41) is 3.03. The van der Waals surface area contributed by atoms with Gasteiger partial charge in [0.05, 0.1) is 22.0 Å². The highest BCUT2D eigenvalue weighted by molar-refractivity contribution is 7.99. The fourth-order valence-corrected chi connectivity index (χ4v) is 5.86. The molecule has 1 unspecified atom stereocenters. The molecule has 4 rings (SSSR count). The smallest absolute Gasteiger partial charge is 0.242 e. The van der Waals surface area contributed by atoms with E-state index in [1.54, 1.807) is 36.0 Å². The van der Waals surface area contributed by atoms with Crippen LogP contribution in [0, 0.1) is 5.82 Å². The molecule has 0 fully saturated rings. The molecule has 1 aromatic heterocycles. The summed E-state index contributed by atoms with van der Waals surface area (Å²) in [5.41, 5.74) is 2.19. The maximum absolute atomic E-state index is 13.7. The zero-order valence-corrected chi connectivity index (χ0v) is 19.8.